The van der Waals surface area contributed by atoms with Gasteiger partial charge in [0.2, 0.25) is 0 Å². The minimum Gasteiger partial charge on any atom is -0.395 e. The second kappa shape index (κ2) is 8.26. The number of aromatic nitrogens is 1. The third-order valence-electron chi connectivity index (χ3n) is 6.87. The Kier molecular flexibility index (Phi) is 5.74. The molecule has 1 aromatic carbocycles. The summed E-state index contributed by atoms with van der Waals surface area (Å²) in [7, 11) is 2.15. The largest absolute Gasteiger partial charge is 0.395 e. The predicted molar refractivity (Wildman–Crippen MR) is 111 cm³/mol. The first-order valence-corrected chi connectivity index (χ1v) is 10.7. The molecule has 1 saturated heterocycles. The highest BCUT2D eigenvalue weighted by Gasteiger charge is 2.31. The first-order valence-electron chi connectivity index (χ1n) is 10.7. The number of carbonyl (C=O) groups is 1. The molecule has 1 amide bonds. The number of carbonyl (C=O) groups excluding carboxylic acids is 1. The van der Waals surface area contributed by atoms with Crippen LogP contribution in [0.2, 0.25) is 0 Å². The molecule has 0 spiro atoms. The van der Waals surface area contributed by atoms with E-state index in [1.54, 1.807) is 4.90 Å². The molecule has 0 saturated carbocycles. The van der Waals surface area contributed by atoms with Crippen LogP contribution in [0.25, 0.3) is 10.9 Å². The molecule has 5 heteroatoms. The average molecular weight is 385 g/mol. The van der Waals surface area contributed by atoms with Crippen LogP contribution >= 0.6 is 0 Å². The topological polar surface area (TPSA) is 54.7 Å². The summed E-state index contributed by atoms with van der Waals surface area (Å²) < 4.78 is 7.89. The molecule has 5 nitrogen and oxygen atoms in total. The van der Waals surface area contributed by atoms with Crippen LogP contribution in [-0.4, -0.2) is 53.4 Å². The van der Waals surface area contributed by atoms with Gasteiger partial charge >= 0.3 is 0 Å². The number of hydrogen-bond acceptors (Lipinski definition) is 3. The second-order valence-corrected chi connectivity index (χ2v) is 8.28. The SMILES string of the molecule is CCN(CCO)C(=O)c1ccc2c(c1)c1c(n2C)CCC(C2CCOCC2)C1. The molecule has 1 fully saturated rings. The van der Waals surface area contributed by atoms with E-state index in [1.807, 2.05) is 13.0 Å². The lowest BCUT2D eigenvalue weighted by molar-refractivity contribution is 0.0439. The van der Waals surface area contributed by atoms with Gasteiger partial charge in [0.15, 0.2) is 0 Å². The summed E-state index contributed by atoms with van der Waals surface area (Å²) in [6, 6.07) is 6.12. The zero-order chi connectivity index (χ0) is 19.7. The van der Waals surface area contributed by atoms with Gasteiger partial charge in [-0.2, -0.15) is 0 Å². The van der Waals surface area contributed by atoms with Crippen LogP contribution in [0.3, 0.4) is 0 Å². The quantitative estimate of drug-likeness (QED) is 0.862. The number of benzene rings is 1. The Hall–Kier alpha value is -1.85. The Morgan fingerprint density at radius 1 is 1.25 bits per heavy atom. The lowest BCUT2D eigenvalue weighted by atomic mass is 9.75. The third-order valence-corrected chi connectivity index (χ3v) is 6.87. The van der Waals surface area contributed by atoms with Crippen molar-refractivity contribution in [2.45, 2.75) is 39.0 Å². The van der Waals surface area contributed by atoms with Crippen LogP contribution in [0.4, 0.5) is 0 Å². The molecule has 0 bridgehead atoms. The molecule has 1 atom stereocenters. The molecule has 1 N–H and O–H groups in total. The molecule has 2 aromatic rings. The van der Waals surface area contributed by atoms with Gasteiger partial charge < -0.3 is 19.3 Å². The number of likely N-dealkylation sites (N-methyl/N-ethyl adjacent to an activating group) is 1. The lowest BCUT2D eigenvalue weighted by Crippen LogP contribution is -2.33. The van der Waals surface area contributed by atoms with E-state index in [1.165, 1.54) is 41.4 Å². The van der Waals surface area contributed by atoms with Crippen molar-refractivity contribution in [1.29, 1.82) is 0 Å². The Bertz CT molecular complexity index is 851. The Balaban J connectivity index is 1.67. The second-order valence-electron chi connectivity index (χ2n) is 8.28. The molecule has 2 aliphatic rings. The molecule has 4 rings (SSSR count). The molecule has 1 aromatic heterocycles. The van der Waals surface area contributed by atoms with Gasteiger partial charge in [-0.25, -0.2) is 0 Å². The van der Waals surface area contributed by atoms with Gasteiger partial charge in [-0.15, -0.1) is 0 Å². The number of fused-ring (bicyclic) bond motifs is 3. The molecule has 1 aliphatic heterocycles. The first-order chi connectivity index (χ1) is 13.6. The van der Waals surface area contributed by atoms with Gasteiger partial charge in [0.25, 0.3) is 5.91 Å². The van der Waals surface area contributed by atoms with Crippen molar-refractivity contribution in [2.75, 3.05) is 32.9 Å². The average Bonchev–Trinajstić information content (AvgIpc) is 3.03. The number of nitrogens with zero attached hydrogens (tertiary/aromatic N) is 2. The normalized spacial score (nSPS) is 20.3. The standard InChI is InChI=1S/C23H32N2O3/c1-3-25(10-11-26)23(27)18-5-7-22-20(15-18)19-14-17(4-6-21(19)24(22)2)16-8-12-28-13-9-16/h5,7,15-17,26H,3-4,6,8-14H2,1-2H3. The van der Waals surface area contributed by atoms with Crippen molar-refractivity contribution in [1.82, 2.24) is 9.47 Å². The third kappa shape index (κ3) is 3.46. The van der Waals surface area contributed by atoms with Crippen LogP contribution in [0, 0.1) is 11.8 Å². The predicted octanol–water partition coefficient (Wildman–Crippen LogP) is 3.16. The minimum atomic E-state index is -0.00462. The van der Waals surface area contributed by atoms with E-state index >= 15 is 0 Å². The summed E-state index contributed by atoms with van der Waals surface area (Å²) in [6.45, 7) is 4.74. The van der Waals surface area contributed by atoms with E-state index in [0.29, 0.717) is 13.1 Å². The highest BCUT2D eigenvalue weighted by Crippen LogP contribution is 2.39. The van der Waals surface area contributed by atoms with Crippen molar-refractivity contribution >= 4 is 16.8 Å². The zero-order valence-electron chi connectivity index (χ0n) is 17.1. The number of hydrogen-bond donors (Lipinski definition) is 1. The fraction of sp³-hybridized carbons (Fsp3) is 0.609. The van der Waals surface area contributed by atoms with E-state index < -0.39 is 0 Å². The molecule has 152 valence electrons. The number of ether oxygens (including phenoxy) is 1. The van der Waals surface area contributed by atoms with Gasteiger partial charge in [0.1, 0.15) is 0 Å². The highest BCUT2D eigenvalue weighted by molar-refractivity contribution is 5.99. The fourth-order valence-corrected chi connectivity index (χ4v) is 5.24. The monoisotopic (exact) mass is 384 g/mol. The summed E-state index contributed by atoms with van der Waals surface area (Å²) in [5, 5.41) is 10.5. The molecular formula is C23H32N2O3. The number of amides is 1. The molecule has 1 aliphatic carbocycles. The zero-order valence-corrected chi connectivity index (χ0v) is 17.1. The van der Waals surface area contributed by atoms with Crippen LogP contribution in [0.5, 0.6) is 0 Å². The van der Waals surface area contributed by atoms with Crippen molar-refractivity contribution in [2.24, 2.45) is 18.9 Å². The number of aryl methyl sites for hydroxylation is 1. The Labute approximate surface area is 167 Å². The lowest BCUT2D eigenvalue weighted by Gasteiger charge is -2.33. The number of aliphatic hydroxyl groups is 1. The van der Waals surface area contributed by atoms with Crippen LogP contribution in [0.1, 0.15) is 47.8 Å². The van der Waals surface area contributed by atoms with Gasteiger partial charge in [-0.3, -0.25) is 4.79 Å². The smallest absolute Gasteiger partial charge is 0.253 e. The minimum absolute atomic E-state index is 0.00462. The summed E-state index contributed by atoms with van der Waals surface area (Å²) in [5.74, 6) is 1.50. The molecule has 28 heavy (non-hydrogen) atoms. The Morgan fingerprint density at radius 3 is 2.75 bits per heavy atom. The maximum absolute atomic E-state index is 12.9. The van der Waals surface area contributed by atoms with Crippen molar-refractivity contribution in [3.05, 3.63) is 35.0 Å². The van der Waals surface area contributed by atoms with Gasteiger partial charge in [0.05, 0.1) is 6.61 Å². The maximum Gasteiger partial charge on any atom is 0.253 e. The van der Waals surface area contributed by atoms with Crippen molar-refractivity contribution in [3.63, 3.8) is 0 Å². The summed E-state index contributed by atoms with van der Waals surface area (Å²) in [5.41, 5.74) is 4.83. The van der Waals surface area contributed by atoms with E-state index in [4.69, 9.17) is 4.74 Å². The van der Waals surface area contributed by atoms with Crippen LogP contribution in [0.15, 0.2) is 18.2 Å². The van der Waals surface area contributed by atoms with E-state index in [0.717, 1.165) is 43.5 Å². The first kappa shape index (κ1) is 19.5. The summed E-state index contributed by atoms with van der Waals surface area (Å²) in [6.07, 6.45) is 5.86. The van der Waals surface area contributed by atoms with E-state index in [9.17, 15) is 9.90 Å². The van der Waals surface area contributed by atoms with Crippen LogP contribution in [-0.2, 0) is 24.6 Å². The molecule has 0 radical (unpaired) electrons. The van der Waals surface area contributed by atoms with E-state index in [2.05, 4.69) is 23.7 Å². The summed E-state index contributed by atoms with van der Waals surface area (Å²) >= 11 is 0. The van der Waals surface area contributed by atoms with Gasteiger partial charge in [-0.1, -0.05) is 0 Å². The van der Waals surface area contributed by atoms with Gasteiger partial charge in [-0.05, 0) is 74.6 Å². The number of rotatable bonds is 5. The fourth-order valence-electron chi connectivity index (χ4n) is 5.24. The maximum atomic E-state index is 12.9. The summed E-state index contributed by atoms with van der Waals surface area (Å²) in [4.78, 5) is 14.6. The van der Waals surface area contributed by atoms with Crippen LogP contribution < -0.4 is 0 Å². The molecular weight excluding hydrogens is 352 g/mol. The molecule has 1 unspecified atom stereocenters. The van der Waals surface area contributed by atoms with E-state index in [-0.39, 0.29) is 12.5 Å². The molecule has 2 heterocycles. The number of aliphatic hydroxyl groups excluding tert-OH is 1. The van der Waals surface area contributed by atoms with Gasteiger partial charge in [0, 0.05) is 55.5 Å². The van der Waals surface area contributed by atoms with Crippen molar-refractivity contribution in [3.8, 4) is 0 Å². The highest BCUT2D eigenvalue weighted by atomic mass is 16.5. The van der Waals surface area contributed by atoms with Crippen molar-refractivity contribution < 1.29 is 14.6 Å². The Morgan fingerprint density at radius 2 is 2.04 bits per heavy atom.